The summed E-state index contributed by atoms with van der Waals surface area (Å²) in [5.74, 6) is -0.0932. The quantitative estimate of drug-likeness (QED) is 0.797. The molecule has 0 aromatic heterocycles. The molecule has 1 amide bonds. The van der Waals surface area contributed by atoms with Crippen LogP contribution in [0.3, 0.4) is 0 Å². The minimum Gasteiger partial charge on any atom is -0.310 e. The summed E-state index contributed by atoms with van der Waals surface area (Å²) in [6.45, 7) is 1.37. The largest absolute Gasteiger partial charge is 0.310 e. The molecule has 0 aliphatic carbocycles. The number of carbonyl (C=O) groups excluding carboxylic acids is 1. The van der Waals surface area contributed by atoms with E-state index >= 15 is 0 Å². The van der Waals surface area contributed by atoms with Crippen molar-refractivity contribution in [3.8, 4) is 0 Å². The average molecular weight is 236 g/mol. The molecule has 2 aliphatic heterocycles. The van der Waals surface area contributed by atoms with E-state index in [1.165, 1.54) is 5.01 Å². The number of carbonyl (C=O) groups is 1. The molecule has 1 aromatic rings. The van der Waals surface area contributed by atoms with Gasteiger partial charge in [-0.25, -0.2) is 0 Å². The second kappa shape index (κ2) is 3.57. The summed E-state index contributed by atoms with van der Waals surface area (Å²) in [7, 11) is 0. The van der Waals surface area contributed by atoms with Crippen LogP contribution in [-0.4, -0.2) is 24.7 Å². The van der Waals surface area contributed by atoms with Crippen LogP contribution in [0.5, 0.6) is 0 Å². The summed E-state index contributed by atoms with van der Waals surface area (Å²) in [6, 6.07) is 7.25. The third kappa shape index (κ3) is 1.34. The van der Waals surface area contributed by atoms with Crippen LogP contribution in [0.15, 0.2) is 29.4 Å². The van der Waals surface area contributed by atoms with E-state index in [4.69, 9.17) is 11.6 Å². The topological polar surface area (TPSA) is 44.7 Å². The maximum Gasteiger partial charge on any atom is 0.257 e. The Hall–Kier alpha value is -1.39. The third-order valence-electron chi connectivity index (χ3n) is 2.87. The Morgan fingerprint density at radius 3 is 3.00 bits per heavy atom. The smallest absolute Gasteiger partial charge is 0.257 e. The zero-order chi connectivity index (χ0) is 11.1. The molecule has 0 saturated carbocycles. The van der Waals surface area contributed by atoms with Gasteiger partial charge in [0.2, 0.25) is 0 Å². The fraction of sp³-hybridized carbons (Fsp3) is 0.273. The van der Waals surface area contributed by atoms with Gasteiger partial charge in [-0.1, -0.05) is 23.7 Å². The molecular weight excluding hydrogens is 226 g/mol. The number of fused-ring (bicyclic) bond motifs is 1. The second-order valence-corrected chi connectivity index (χ2v) is 4.28. The van der Waals surface area contributed by atoms with Crippen LogP contribution in [0.2, 0.25) is 5.02 Å². The molecule has 4 nitrogen and oxygen atoms in total. The maximum atomic E-state index is 12.1. The van der Waals surface area contributed by atoms with Crippen molar-refractivity contribution in [1.82, 2.24) is 5.32 Å². The summed E-state index contributed by atoms with van der Waals surface area (Å²) in [4.78, 5) is 12.1. The number of hydrazone groups is 1. The van der Waals surface area contributed by atoms with Crippen LogP contribution in [0.4, 0.5) is 5.69 Å². The van der Waals surface area contributed by atoms with Crippen molar-refractivity contribution in [2.45, 2.75) is 0 Å². The maximum absolute atomic E-state index is 12.1. The van der Waals surface area contributed by atoms with Crippen molar-refractivity contribution < 1.29 is 4.79 Å². The van der Waals surface area contributed by atoms with Crippen LogP contribution in [0, 0.1) is 5.92 Å². The van der Waals surface area contributed by atoms with E-state index < -0.39 is 0 Å². The lowest BCUT2D eigenvalue weighted by Crippen LogP contribution is -2.29. The number of hydrogen-bond acceptors (Lipinski definition) is 3. The average Bonchev–Trinajstić information content (AvgIpc) is 2.83. The first kappa shape index (κ1) is 9.81. The monoisotopic (exact) mass is 235 g/mol. The molecular formula is C11H10ClN3O. The second-order valence-electron chi connectivity index (χ2n) is 3.88. The van der Waals surface area contributed by atoms with E-state index in [1.807, 2.05) is 12.1 Å². The molecule has 2 heterocycles. The van der Waals surface area contributed by atoms with Crippen molar-refractivity contribution in [1.29, 1.82) is 0 Å². The van der Waals surface area contributed by atoms with Gasteiger partial charge in [0.05, 0.1) is 22.3 Å². The van der Waals surface area contributed by atoms with Gasteiger partial charge in [0.25, 0.3) is 5.91 Å². The van der Waals surface area contributed by atoms with Gasteiger partial charge >= 0.3 is 0 Å². The van der Waals surface area contributed by atoms with E-state index in [0.29, 0.717) is 23.8 Å². The molecule has 2 aliphatic rings. The first-order valence-electron chi connectivity index (χ1n) is 5.14. The van der Waals surface area contributed by atoms with Gasteiger partial charge in [0, 0.05) is 13.1 Å². The van der Waals surface area contributed by atoms with Gasteiger partial charge in [-0.15, -0.1) is 0 Å². The number of rotatable bonds is 1. The molecule has 1 aromatic carbocycles. The summed E-state index contributed by atoms with van der Waals surface area (Å²) >= 11 is 6.05. The zero-order valence-electron chi connectivity index (χ0n) is 8.48. The number of hydrogen-bond donors (Lipinski definition) is 1. The number of nitrogens with zero attached hydrogens (tertiary/aromatic N) is 2. The number of anilines is 1. The highest BCUT2D eigenvalue weighted by Gasteiger charge is 2.39. The Balaban J connectivity index is 2.01. The highest BCUT2D eigenvalue weighted by Crippen LogP contribution is 2.30. The molecule has 1 unspecified atom stereocenters. The molecule has 5 heteroatoms. The van der Waals surface area contributed by atoms with Crippen LogP contribution in [0.1, 0.15) is 0 Å². The van der Waals surface area contributed by atoms with Crippen LogP contribution >= 0.6 is 11.6 Å². The number of amides is 1. The Kier molecular flexibility index (Phi) is 2.19. The Morgan fingerprint density at radius 1 is 1.44 bits per heavy atom. The van der Waals surface area contributed by atoms with Crippen LogP contribution in [0.25, 0.3) is 0 Å². The molecule has 1 fully saturated rings. The van der Waals surface area contributed by atoms with Gasteiger partial charge in [0.1, 0.15) is 0 Å². The van der Waals surface area contributed by atoms with Crippen molar-refractivity contribution in [2.24, 2.45) is 11.0 Å². The molecule has 1 saturated heterocycles. The zero-order valence-corrected chi connectivity index (χ0v) is 9.24. The van der Waals surface area contributed by atoms with Crippen molar-refractivity contribution in [3.05, 3.63) is 29.3 Å². The van der Waals surface area contributed by atoms with Crippen molar-refractivity contribution in [3.63, 3.8) is 0 Å². The lowest BCUT2D eigenvalue weighted by Gasteiger charge is -2.14. The minimum atomic E-state index is -0.101. The standard InChI is InChI=1S/C11H10ClN3O/c12-8-3-1-2-4-10(8)15-11(16)7-5-13-6-9(7)14-15/h1-4,7,13H,5-6H2. The predicted molar refractivity (Wildman–Crippen MR) is 62.7 cm³/mol. The molecule has 82 valence electrons. The lowest BCUT2D eigenvalue weighted by atomic mass is 10.1. The normalized spacial score (nSPS) is 23.6. The molecule has 0 radical (unpaired) electrons. The van der Waals surface area contributed by atoms with Crippen molar-refractivity contribution >= 4 is 28.9 Å². The fourth-order valence-corrected chi connectivity index (χ4v) is 2.26. The highest BCUT2D eigenvalue weighted by atomic mass is 35.5. The van der Waals surface area contributed by atoms with Crippen LogP contribution in [-0.2, 0) is 4.79 Å². The first-order valence-corrected chi connectivity index (χ1v) is 5.52. The van der Waals surface area contributed by atoms with E-state index in [2.05, 4.69) is 10.4 Å². The van der Waals surface area contributed by atoms with Crippen molar-refractivity contribution in [2.75, 3.05) is 18.1 Å². The van der Waals surface area contributed by atoms with E-state index in [-0.39, 0.29) is 11.8 Å². The molecule has 16 heavy (non-hydrogen) atoms. The van der Waals surface area contributed by atoms with Gasteiger partial charge in [0.15, 0.2) is 0 Å². The molecule has 3 rings (SSSR count). The molecule has 1 atom stereocenters. The Bertz CT molecular complexity index is 486. The summed E-state index contributed by atoms with van der Waals surface area (Å²) in [5, 5.41) is 9.41. The minimum absolute atomic E-state index is 0.00750. The van der Waals surface area contributed by atoms with Crippen LogP contribution < -0.4 is 10.3 Å². The van der Waals surface area contributed by atoms with Gasteiger partial charge < -0.3 is 5.32 Å². The molecule has 1 N–H and O–H groups in total. The first-order chi connectivity index (χ1) is 7.77. The fourth-order valence-electron chi connectivity index (χ4n) is 2.04. The predicted octanol–water partition coefficient (Wildman–Crippen LogP) is 1.26. The molecule has 0 bridgehead atoms. The number of benzene rings is 1. The third-order valence-corrected chi connectivity index (χ3v) is 3.19. The number of nitrogens with one attached hydrogen (secondary N) is 1. The Labute approximate surface area is 97.9 Å². The van der Waals surface area contributed by atoms with E-state index in [1.54, 1.807) is 12.1 Å². The number of halogens is 1. The molecule has 0 spiro atoms. The number of para-hydroxylation sites is 1. The SMILES string of the molecule is O=C1C2CNCC2=NN1c1ccccc1Cl. The van der Waals surface area contributed by atoms with Gasteiger partial charge in [-0.3, -0.25) is 4.79 Å². The van der Waals surface area contributed by atoms with Gasteiger partial charge in [-0.05, 0) is 12.1 Å². The van der Waals surface area contributed by atoms with E-state index in [0.717, 1.165) is 5.71 Å². The Morgan fingerprint density at radius 2 is 2.25 bits per heavy atom. The summed E-state index contributed by atoms with van der Waals surface area (Å²) < 4.78 is 0. The summed E-state index contributed by atoms with van der Waals surface area (Å²) in [5.41, 5.74) is 1.57. The van der Waals surface area contributed by atoms with Gasteiger partial charge in [-0.2, -0.15) is 10.1 Å². The summed E-state index contributed by atoms with van der Waals surface area (Å²) in [6.07, 6.45) is 0. The lowest BCUT2D eigenvalue weighted by molar-refractivity contribution is -0.119. The van der Waals surface area contributed by atoms with E-state index in [9.17, 15) is 4.79 Å². The highest BCUT2D eigenvalue weighted by molar-refractivity contribution is 6.34.